The van der Waals surface area contributed by atoms with E-state index >= 15 is 0 Å². The van der Waals surface area contributed by atoms with Gasteiger partial charge in [-0.05, 0) is 74.9 Å². The van der Waals surface area contributed by atoms with Crippen LogP contribution in [0.15, 0.2) is 0 Å². The zero-order valence-electron chi connectivity index (χ0n) is 27.7. The highest BCUT2D eigenvalue weighted by Gasteiger charge is 2.70. The second-order valence-corrected chi connectivity index (χ2v) is 21.5. The Bertz CT molecular complexity index is 1240. The molecule has 46 heavy (non-hydrogen) atoms. The van der Waals surface area contributed by atoms with Gasteiger partial charge in [0.2, 0.25) is 0 Å². The molecule has 13 heteroatoms. The summed E-state index contributed by atoms with van der Waals surface area (Å²) < 4.78 is 61.4. The standard InChI is InChI=1S/C33H48F2O10Si/c1-30(2,3)46(5,6)42-9-7-8-40-26(36)22-20-11-21-23(22)27(37)43-24(21)25(20)44-29(39)45-33-14-18-10-19(15-33)13-32(12-18,16-33)17-41-28(38)31(4,34)35/h18-25H,7-17H2,1-6H3. The first-order valence-electron chi connectivity index (χ1n) is 16.8. The SMILES string of the molecule is CC(F)(F)C(=O)OCC12CC3CC(C1)CC(OC(=O)OC1C4CC5C1OC(=O)C5C4C(=O)OCCCO[Si](C)(C)C(C)(C)C)(C3)C2. The average molecular weight is 671 g/mol. The lowest BCUT2D eigenvalue weighted by molar-refractivity contribution is -0.204. The summed E-state index contributed by atoms with van der Waals surface area (Å²) in [5.41, 5.74) is -1.38. The molecule has 0 N–H and O–H groups in total. The highest BCUT2D eigenvalue weighted by Crippen LogP contribution is 2.63. The Labute approximate surface area is 270 Å². The lowest BCUT2D eigenvalue weighted by Crippen LogP contribution is -2.59. The summed E-state index contributed by atoms with van der Waals surface area (Å²) in [6, 6.07) is 0. The lowest BCUT2D eigenvalue weighted by Gasteiger charge is -2.60. The molecule has 0 aromatic rings. The molecule has 1 aliphatic heterocycles. The number of hydrogen-bond acceptors (Lipinski definition) is 10. The van der Waals surface area contributed by atoms with E-state index in [1.165, 1.54) is 0 Å². The molecule has 10 nitrogen and oxygen atoms in total. The van der Waals surface area contributed by atoms with E-state index in [4.69, 9.17) is 28.1 Å². The summed E-state index contributed by atoms with van der Waals surface area (Å²) in [5, 5.41) is 0.0728. The van der Waals surface area contributed by atoms with Crippen LogP contribution in [0.5, 0.6) is 0 Å². The van der Waals surface area contributed by atoms with Crippen LogP contribution in [-0.4, -0.2) is 75.9 Å². The fraction of sp³-hybridized carbons (Fsp3) is 0.879. The number of halogens is 2. The minimum atomic E-state index is -3.58. The van der Waals surface area contributed by atoms with Gasteiger partial charge in [0.1, 0.15) is 17.8 Å². The maximum Gasteiger partial charge on any atom is 0.509 e. The van der Waals surface area contributed by atoms with Crippen molar-refractivity contribution in [2.75, 3.05) is 19.8 Å². The van der Waals surface area contributed by atoms with Crippen molar-refractivity contribution in [1.29, 1.82) is 0 Å². The fourth-order valence-corrected chi connectivity index (χ4v) is 10.7. The van der Waals surface area contributed by atoms with Gasteiger partial charge in [-0.15, -0.1) is 0 Å². The fourth-order valence-electron chi connectivity index (χ4n) is 9.65. The number of rotatable bonds is 11. The molecule has 0 radical (unpaired) electrons. The third-order valence-electron chi connectivity index (χ3n) is 12.1. The van der Waals surface area contributed by atoms with Crippen molar-refractivity contribution in [1.82, 2.24) is 0 Å². The average Bonchev–Trinajstić information content (AvgIpc) is 3.53. The predicted octanol–water partition coefficient (Wildman–Crippen LogP) is 5.81. The maximum atomic E-state index is 13.5. The molecule has 8 unspecified atom stereocenters. The van der Waals surface area contributed by atoms with Crippen molar-refractivity contribution in [3.05, 3.63) is 0 Å². The molecule has 0 aromatic carbocycles. The normalized spacial score (nSPS) is 38.9. The van der Waals surface area contributed by atoms with Crippen LogP contribution in [-0.2, 0) is 42.5 Å². The van der Waals surface area contributed by atoms with Crippen molar-refractivity contribution in [2.45, 2.75) is 121 Å². The summed E-state index contributed by atoms with van der Waals surface area (Å²) in [4.78, 5) is 51.4. The smallest absolute Gasteiger partial charge is 0.465 e. The van der Waals surface area contributed by atoms with Crippen molar-refractivity contribution < 1.29 is 56.1 Å². The molecule has 7 aliphatic rings. The molecule has 8 atom stereocenters. The predicted molar refractivity (Wildman–Crippen MR) is 160 cm³/mol. The second-order valence-electron chi connectivity index (χ2n) is 16.7. The summed E-state index contributed by atoms with van der Waals surface area (Å²) in [7, 11) is -1.92. The zero-order valence-corrected chi connectivity index (χ0v) is 28.7. The third-order valence-corrected chi connectivity index (χ3v) is 16.7. The van der Waals surface area contributed by atoms with E-state index in [-0.39, 0.29) is 36.0 Å². The van der Waals surface area contributed by atoms with Crippen molar-refractivity contribution in [2.24, 2.45) is 40.9 Å². The van der Waals surface area contributed by atoms with E-state index in [9.17, 15) is 28.0 Å². The third kappa shape index (κ3) is 6.07. The summed E-state index contributed by atoms with van der Waals surface area (Å²) in [6.45, 7) is 11.8. The van der Waals surface area contributed by atoms with Gasteiger partial charge < -0.3 is 28.1 Å². The van der Waals surface area contributed by atoms with E-state index in [2.05, 4.69) is 33.9 Å². The number of hydrogen-bond donors (Lipinski definition) is 0. The topological polar surface area (TPSA) is 124 Å². The number of alkyl halides is 2. The van der Waals surface area contributed by atoms with Gasteiger partial charge in [0, 0.05) is 37.2 Å². The van der Waals surface area contributed by atoms with E-state index in [1.807, 2.05) is 0 Å². The van der Waals surface area contributed by atoms with Gasteiger partial charge in [-0.2, -0.15) is 8.78 Å². The van der Waals surface area contributed by atoms with Crippen LogP contribution in [0, 0.1) is 40.9 Å². The van der Waals surface area contributed by atoms with E-state index in [1.54, 1.807) is 0 Å². The molecule has 1 saturated heterocycles. The number of ether oxygens (including phenoxy) is 5. The number of carbonyl (C=O) groups is 4. The quantitative estimate of drug-likeness (QED) is 0.115. The van der Waals surface area contributed by atoms with Gasteiger partial charge in [0.25, 0.3) is 0 Å². The van der Waals surface area contributed by atoms with E-state index < -0.39 is 79.3 Å². The molecule has 0 amide bonds. The lowest BCUT2D eigenvalue weighted by atomic mass is 9.48. The minimum Gasteiger partial charge on any atom is -0.465 e. The van der Waals surface area contributed by atoms with Crippen molar-refractivity contribution in [3.8, 4) is 0 Å². The van der Waals surface area contributed by atoms with Crippen LogP contribution in [0.1, 0.15) is 79.1 Å². The van der Waals surface area contributed by atoms with Gasteiger partial charge in [0.15, 0.2) is 8.32 Å². The van der Waals surface area contributed by atoms with Gasteiger partial charge >= 0.3 is 30.0 Å². The Morgan fingerprint density at radius 3 is 2.26 bits per heavy atom. The first-order valence-corrected chi connectivity index (χ1v) is 19.7. The summed E-state index contributed by atoms with van der Waals surface area (Å²) in [6.07, 6.45) is 2.77. The first kappa shape index (κ1) is 33.6. The van der Waals surface area contributed by atoms with E-state index in [0.29, 0.717) is 45.6 Å². The van der Waals surface area contributed by atoms with E-state index in [0.717, 1.165) is 19.3 Å². The highest BCUT2D eigenvalue weighted by atomic mass is 28.4. The Morgan fingerprint density at radius 2 is 1.63 bits per heavy atom. The molecule has 0 spiro atoms. The van der Waals surface area contributed by atoms with Gasteiger partial charge in [-0.3, -0.25) is 9.59 Å². The Hall–Kier alpha value is -2.28. The minimum absolute atomic E-state index is 0.0728. The largest absolute Gasteiger partial charge is 0.509 e. The summed E-state index contributed by atoms with van der Waals surface area (Å²) >= 11 is 0. The molecule has 6 saturated carbocycles. The summed E-state index contributed by atoms with van der Waals surface area (Å²) in [5.74, 6) is -7.65. The number of fused-ring (bicyclic) bond motifs is 1. The Morgan fingerprint density at radius 1 is 0.957 bits per heavy atom. The molecule has 0 aromatic heterocycles. The molecule has 6 bridgehead atoms. The molecular formula is C33H48F2O10Si. The second kappa shape index (κ2) is 11.4. The maximum absolute atomic E-state index is 13.5. The zero-order chi connectivity index (χ0) is 33.4. The van der Waals surface area contributed by atoms with Gasteiger partial charge in [0.05, 0.1) is 25.0 Å². The van der Waals surface area contributed by atoms with Crippen LogP contribution in [0.3, 0.4) is 0 Å². The molecular weight excluding hydrogens is 622 g/mol. The number of carbonyl (C=O) groups excluding carboxylic acids is 4. The molecule has 6 aliphatic carbocycles. The Balaban J connectivity index is 1.06. The molecule has 7 fully saturated rings. The molecule has 7 rings (SSSR count). The Kier molecular flexibility index (Phi) is 8.34. The highest BCUT2D eigenvalue weighted by molar-refractivity contribution is 6.74. The van der Waals surface area contributed by atoms with Crippen LogP contribution in [0.25, 0.3) is 0 Å². The van der Waals surface area contributed by atoms with Crippen LogP contribution >= 0.6 is 0 Å². The monoisotopic (exact) mass is 670 g/mol. The van der Waals surface area contributed by atoms with Crippen LogP contribution in [0.2, 0.25) is 18.1 Å². The van der Waals surface area contributed by atoms with Crippen LogP contribution < -0.4 is 0 Å². The molecule has 258 valence electrons. The van der Waals surface area contributed by atoms with Gasteiger partial charge in [-0.25, -0.2) is 9.59 Å². The molecule has 1 heterocycles. The van der Waals surface area contributed by atoms with Crippen molar-refractivity contribution >= 4 is 32.4 Å². The van der Waals surface area contributed by atoms with Crippen LogP contribution in [0.4, 0.5) is 13.6 Å². The first-order chi connectivity index (χ1) is 21.3. The van der Waals surface area contributed by atoms with Crippen molar-refractivity contribution in [3.63, 3.8) is 0 Å². The number of esters is 3. The van der Waals surface area contributed by atoms with Gasteiger partial charge in [-0.1, -0.05) is 20.8 Å².